The minimum atomic E-state index is 0.629. The van der Waals surface area contributed by atoms with Crippen LogP contribution in [0.25, 0.3) is 0 Å². The maximum absolute atomic E-state index is 2.77. The van der Waals surface area contributed by atoms with Gasteiger partial charge < -0.3 is 0 Å². The third-order valence-corrected chi connectivity index (χ3v) is 15.3. The van der Waals surface area contributed by atoms with Gasteiger partial charge in [0, 0.05) is 11.5 Å². The van der Waals surface area contributed by atoms with Crippen molar-refractivity contribution in [2.45, 2.75) is 116 Å². The molecule has 5 rings (SSSR count). The van der Waals surface area contributed by atoms with Crippen LogP contribution < -0.4 is 0 Å². The fourth-order valence-electron chi connectivity index (χ4n) is 9.98. The first-order chi connectivity index (χ1) is 14.8. The van der Waals surface area contributed by atoms with Crippen LogP contribution in [0.5, 0.6) is 0 Å². The second-order valence-electron chi connectivity index (χ2n) is 13.5. The molecule has 8 atom stereocenters. The lowest BCUT2D eigenvalue weighted by molar-refractivity contribution is -0.114. The van der Waals surface area contributed by atoms with E-state index in [9.17, 15) is 0 Å². The van der Waals surface area contributed by atoms with Crippen molar-refractivity contribution < 1.29 is 0 Å². The standard InChI is InChI=1S/C29H50S2/c1-20(2)7-6-8-21(3)24-11-12-25-23-10-9-22-19-29(30-17-18-31-29)16-15-27(22,4)26(23)13-14-28(24,25)5/h20-26H,6-19H2,1-5H3/t21-,22?,23+,24-,25+,26+,27+,28-/m1/s1. The average molecular weight is 463 g/mol. The van der Waals surface area contributed by atoms with Crippen LogP contribution in [0, 0.1) is 52.3 Å². The van der Waals surface area contributed by atoms with Gasteiger partial charge in [-0.05, 0) is 110 Å². The van der Waals surface area contributed by atoms with Crippen LogP contribution in [0.2, 0.25) is 0 Å². The van der Waals surface area contributed by atoms with Crippen molar-refractivity contribution in [2.75, 3.05) is 11.5 Å². The van der Waals surface area contributed by atoms with E-state index in [1.165, 1.54) is 43.6 Å². The Morgan fingerprint density at radius 3 is 2.26 bits per heavy atom. The Morgan fingerprint density at radius 1 is 0.774 bits per heavy atom. The normalized spacial score (nSPS) is 47.2. The monoisotopic (exact) mass is 462 g/mol. The molecule has 0 bridgehead atoms. The summed E-state index contributed by atoms with van der Waals surface area (Å²) in [5.41, 5.74) is 1.33. The molecular weight excluding hydrogens is 412 g/mol. The zero-order valence-electron chi connectivity index (χ0n) is 21.3. The van der Waals surface area contributed by atoms with Gasteiger partial charge in [0.1, 0.15) is 0 Å². The van der Waals surface area contributed by atoms with Crippen molar-refractivity contribution in [1.29, 1.82) is 0 Å². The van der Waals surface area contributed by atoms with Crippen molar-refractivity contribution >= 4 is 23.5 Å². The van der Waals surface area contributed by atoms with Crippen LogP contribution in [-0.4, -0.2) is 15.6 Å². The van der Waals surface area contributed by atoms with Gasteiger partial charge in [0.25, 0.3) is 0 Å². The van der Waals surface area contributed by atoms with E-state index in [0.29, 0.717) is 14.9 Å². The smallest absolute Gasteiger partial charge is 0.0614 e. The number of rotatable bonds is 5. The highest BCUT2D eigenvalue weighted by Crippen LogP contribution is 2.70. The van der Waals surface area contributed by atoms with E-state index in [-0.39, 0.29) is 0 Å². The molecule has 178 valence electrons. The second kappa shape index (κ2) is 8.73. The highest BCUT2D eigenvalue weighted by atomic mass is 32.2. The molecule has 0 aromatic rings. The van der Waals surface area contributed by atoms with Gasteiger partial charge >= 0.3 is 0 Å². The molecule has 0 radical (unpaired) electrons. The fraction of sp³-hybridized carbons (Fsp3) is 1.00. The lowest BCUT2D eigenvalue weighted by Crippen LogP contribution is -2.55. The first-order valence-corrected chi connectivity index (χ1v) is 16.0. The predicted octanol–water partition coefficient (Wildman–Crippen LogP) is 9.28. The lowest BCUT2D eigenvalue weighted by atomic mass is 9.44. The van der Waals surface area contributed by atoms with Crippen molar-refractivity contribution in [3.63, 3.8) is 0 Å². The molecule has 0 amide bonds. The third kappa shape index (κ3) is 3.98. The van der Waals surface area contributed by atoms with Gasteiger partial charge in [0.15, 0.2) is 0 Å². The summed E-state index contributed by atoms with van der Waals surface area (Å²) in [7, 11) is 0. The summed E-state index contributed by atoms with van der Waals surface area (Å²) in [6, 6.07) is 0. The Bertz CT molecular complexity index is 637. The number of hydrogen-bond acceptors (Lipinski definition) is 2. The predicted molar refractivity (Wildman–Crippen MR) is 141 cm³/mol. The Hall–Kier alpha value is 0.700. The molecule has 0 aromatic carbocycles. The van der Waals surface area contributed by atoms with Crippen LogP contribution in [-0.2, 0) is 0 Å². The zero-order chi connectivity index (χ0) is 21.9. The summed E-state index contributed by atoms with van der Waals surface area (Å²) in [5.74, 6) is 9.85. The molecule has 4 aliphatic carbocycles. The van der Waals surface area contributed by atoms with Gasteiger partial charge in [-0.1, -0.05) is 53.9 Å². The highest BCUT2D eigenvalue weighted by Gasteiger charge is 2.62. The summed E-state index contributed by atoms with van der Waals surface area (Å²) in [5, 5.41) is 0. The van der Waals surface area contributed by atoms with Crippen LogP contribution in [0.3, 0.4) is 0 Å². The Balaban J connectivity index is 1.28. The largest absolute Gasteiger partial charge is 0.143 e. The minimum absolute atomic E-state index is 0.629. The van der Waals surface area contributed by atoms with Gasteiger partial charge in [-0.25, -0.2) is 0 Å². The van der Waals surface area contributed by atoms with E-state index >= 15 is 0 Å². The van der Waals surface area contributed by atoms with Gasteiger partial charge in [-0.3, -0.25) is 0 Å². The Morgan fingerprint density at radius 2 is 1.52 bits per heavy atom. The molecule has 0 aromatic heterocycles. The van der Waals surface area contributed by atoms with E-state index in [1.54, 1.807) is 44.9 Å². The van der Waals surface area contributed by atoms with Gasteiger partial charge in [0.05, 0.1) is 4.08 Å². The highest BCUT2D eigenvalue weighted by molar-refractivity contribution is 8.21. The van der Waals surface area contributed by atoms with E-state index in [2.05, 4.69) is 58.1 Å². The van der Waals surface area contributed by atoms with Gasteiger partial charge in [-0.2, -0.15) is 0 Å². The fourth-order valence-corrected chi connectivity index (χ4v) is 13.4. The van der Waals surface area contributed by atoms with Crippen LogP contribution in [0.4, 0.5) is 0 Å². The van der Waals surface area contributed by atoms with Crippen molar-refractivity contribution in [3.05, 3.63) is 0 Å². The molecule has 1 heterocycles. The molecule has 1 saturated heterocycles. The van der Waals surface area contributed by atoms with E-state index in [4.69, 9.17) is 0 Å². The maximum Gasteiger partial charge on any atom is 0.0614 e. The first-order valence-electron chi connectivity index (χ1n) is 14.1. The van der Waals surface area contributed by atoms with Crippen molar-refractivity contribution in [3.8, 4) is 0 Å². The van der Waals surface area contributed by atoms with Gasteiger partial charge in [0.2, 0.25) is 0 Å². The summed E-state index contributed by atoms with van der Waals surface area (Å²) in [6.45, 7) is 13.0. The molecule has 2 heteroatoms. The number of hydrogen-bond donors (Lipinski definition) is 0. The lowest BCUT2D eigenvalue weighted by Gasteiger charge is -2.62. The molecular formula is C29H50S2. The van der Waals surface area contributed by atoms with E-state index in [1.807, 2.05) is 0 Å². The first kappa shape index (κ1) is 23.4. The molecule has 1 aliphatic heterocycles. The van der Waals surface area contributed by atoms with Crippen molar-refractivity contribution in [1.82, 2.24) is 0 Å². The molecule has 0 N–H and O–H groups in total. The van der Waals surface area contributed by atoms with Crippen LogP contribution in [0.15, 0.2) is 0 Å². The summed E-state index contributed by atoms with van der Waals surface area (Å²) >= 11 is 4.68. The third-order valence-electron chi connectivity index (χ3n) is 11.7. The molecule has 1 spiro atoms. The SMILES string of the molecule is CC(C)CCC[C@@H](C)[C@H]1CC[C@H]2[C@@H]3CCC4CC5(CC[C@]4(C)[C@H]3CC[C@]12C)SCCS5. The Labute approximate surface area is 202 Å². The van der Waals surface area contributed by atoms with E-state index < -0.39 is 0 Å². The quantitative estimate of drug-likeness (QED) is 0.399. The molecule has 5 fully saturated rings. The number of fused-ring (bicyclic) bond motifs is 5. The van der Waals surface area contributed by atoms with E-state index in [0.717, 1.165) is 41.4 Å². The summed E-state index contributed by atoms with van der Waals surface area (Å²) in [6.07, 6.45) is 18.3. The van der Waals surface area contributed by atoms with Gasteiger partial charge in [-0.15, -0.1) is 23.5 Å². The zero-order valence-corrected chi connectivity index (χ0v) is 22.9. The average Bonchev–Trinajstić information content (AvgIpc) is 3.32. The minimum Gasteiger partial charge on any atom is -0.143 e. The van der Waals surface area contributed by atoms with Crippen LogP contribution in [0.1, 0.15) is 112 Å². The molecule has 4 saturated carbocycles. The van der Waals surface area contributed by atoms with Crippen LogP contribution >= 0.6 is 23.5 Å². The Kier molecular flexibility index (Phi) is 6.60. The molecule has 0 nitrogen and oxygen atoms in total. The second-order valence-corrected chi connectivity index (χ2v) is 16.7. The summed E-state index contributed by atoms with van der Waals surface area (Å²) < 4.78 is 0.629. The van der Waals surface area contributed by atoms with Crippen molar-refractivity contribution in [2.24, 2.45) is 52.3 Å². The topological polar surface area (TPSA) is 0 Å². The molecule has 1 unspecified atom stereocenters. The molecule has 5 aliphatic rings. The molecule has 31 heavy (non-hydrogen) atoms. The maximum atomic E-state index is 2.77. The number of thioether (sulfide) groups is 2. The summed E-state index contributed by atoms with van der Waals surface area (Å²) in [4.78, 5) is 0.